The molecule has 0 bridgehead atoms. The highest BCUT2D eigenvalue weighted by Crippen LogP contribution is 2.11. The van der Waals surface area contributed by atoms with Gasteiger partial charge in [-0.2, -0.15) is 0 Å². The van der Waals surface area contributed by atoms with Crippen LogP contribution in [0.5, 0.6) is 0 Å². The maximum absolute atomic E-state index is 11.0. The van der Waals surface area contributed by atoms with Crippen molar-refractivity contribution in [2.75, 3.05) is 12.3 Å². The van der Waals surface area contributed by atoms with E-state index < -0.39 is 5.91 Å². The van der Waals surface area contributed by atoms with Gasteiger partial charge in [0.1, 0.15) is 5.69 Å². The van der Waals surface area contributed by atoms with Gasteiger partial charge in [0.25, 0.3) is 5.91 Å². The number of aromatic nitrogens is 1. The van der Waals surface area contributed by atoms with E-state index in [0.29, 0.717) is 5.13 Å². The van der Waals surface area contributed by atoms with Crippen LogP contribution in [0.2, 0.25) is 0 Å². The smallest absolute Gasteiger partial charge is 0.273 e. The van der Waals surface area contributed by atoms with Gasteiger partial charge in [-0.3, -0.25) is 4.79 Å². The molecule has 78 valence electrons. The number of nitrogens with zero attached hydrogens (tertiary/aromatic N) is 2. The molecule has 0 atom stereocenters. The van der Waals surface area contributed by atoms with E-state index in [0.717, 1.165) is 0 Å². The van der Waals surface area contributed by atoms with Gasteiger partial charge < -0.3 is 16.3 Å². The highest BCUT2D eigenvalue weighted by molar-refractivity contribution is 7.13. The number of carbonyl (C=O) groups excluding carboxylic acids is 1. The van der Waals surface area contributed by atoms with Crippen molar-refractivity contribution in [3.05, 3.63) is 11.1 Å². The number of nitrogens with two attached hydrogens (primary N) is 2. The molecule has 1 amide bonds. The molecule has 0 radical (unpaired) electrons. The number of nitrogen functional groups attached to an aromatic ring is 1. The first-order valence-corrected chi connectivity index (χ1v) is 4.67. The van der Waals surface area contributed by atoms with Crippen molar-refractivity contribution in [3.63, 3.8) is 0 Å². The molecule has 0 saturated heterocycles. The lowest BCUT2D eigenvalue weighted by molar-refractivity contribution is -0.112. The number of primary amides is 1. The number of terminal acetylenes is 1. The second-order valence-electron chi connectivity index (χ2n) is 2.35. The Labute approximate surface area is 89.9 Å². The Kier molecular flexibility index (Phi) is 3.65. The predicted molar refractivity (Wildman–Crippen MR) is 57.0 cm³/mol. The third kappa shape index (κ3) is 2.96. The Morgan fingerprint density at radius 3 is 3.00 bits per heavy atom. The summed E-state index contributed by atoms with van der Waals surface area (Å²) in [6.45, 7) is -0.0452. The van der Waals surface area contributed by atoms with E-state index >= 15 is 0 Å². The van der Waals surface area contributed by atoms with E-state index in [2.05, 4.69) is 20.9 Å². The number of oxime groups is 1. The molecule has 1 aromatic heterocycles. The maximum Gasteiger partial charge on any atom is 0.273 e. The SMILES string of the molecule is C#CCON=C(C(N)=O)c1csc(N)n1. The molecule has 0 saturated carbocycles. The summed E-state index contributed by atoms with van der Waals surface area (Å²) in [6, 6.07) is 0. The van der Waals surface area contributed by atoms with Gasteiger partial charge in [0.2, 0.25) is 0 Å². The molecule has 0 aliphatic rings. The lowest BCUT2D eigenvalue weighted by atomic mass is 10.3. The molecule has 1 heterocycles. The minimum atomic E-state index is -0.752. The maximum atomic E-state index is 11.0. The lowest BCUT2D eigenvalue weighted by Gasteiger charge is -1.97. The van der Waals surface area contributed by atoms with Gasteiger partial charge >= 0.3 is 0 Å². The second-order valence-corrected chi connectivity index (χ2v) is 3.24. The summed E-state index contributed by atoms with van der Waals surface area (Å²) in [5.74, 6) is 1.44. The highest BCUT2D eigenvalue weighted by atomic mass is 32.1. The molecule has 0 aliphatic heterocycles. The Bertz CT molecular complexity index is 432. The zero-order valence-electron chi connectivity index (χ0n) is 7.64. The van der Waals surface area contributed by atoms with Crippen molar-refractivity contribution in [2.45, 2.75) is 0 Å². The van der Waals surface area contributed by atoms with Gasteiger partial charge in [-0.25, -0.2) is 4.98 Å². The van der Waals surface area contributed by atoms with Crippen molar-refractivity contribution >= 4 is 28.1 Å². The summed E-state index contributed by atoms with van der Waals surface area (Å²) in [4.78, 5) is 19.5. The van der Waals surface area contributed by atoms with Crippen molar-refractivity contribution < 1.29 is 9.63 Å². The monoisotopic (exact) mass is 224 g/mol. The first kappa shape index (κ1) is 11.0. The molecular formula is C8H8N4O2S. The van der Waals surface area contributed by atoms with Crippen molar-refractivity contribution in [3.8, 4) is 12.3 Å². The fourth-order valence-corrected chi connectivity index (χ4v) is 1.30. The fourth-order valence-electron chi connectivity index (χ4n) is 0.748. The predicted octanol–water partition coefficient (Wildman–Crippen LogP) is -0.436. The number of amides is 1. The summed E-state index contributed by atoms with van der Waals surface area (Å²) in [5, 5.41) is 5.35. The van der Waals surface area contributed by atoms with Crippen LogP contribution in [0.3, 0.4) is 0 Å². The number of carbonyl (C=O) groups is 1. The topological polar surface area (TPSA) is 104 Å². The molecule has 0 spiro atoms. The summed E-state index contributed by atoms with van der Waals surface area (Å²) in [5.41, 5.74) is 10.7. The van der Waals surface area contributed by atoms with E-state index in [9.17, 15) is 4.79 Å². The van der Waals surface area contributed by atoms with Crippen LogP contribution in [-0.2, 0) is 9.63 Å². The van der Waals surface area contributed by atoms with Crippen molar-refractivity contribution in [1.29, 1.82) is 0 Å². The summed E-state index contributed by atoms with van der Waals surface area (Å²) in [6.07, 6.45) is 4.94. The number of hydrogen-bond donors (Lipinski definition) is 2. The number of anilines is 1. The molecule has 15 heavy (non-hydrogen) atoms. The van der Waals surface area contributed by atoms with Crippen molar-refractivity contribution in [2.24, 2.45) is 10.9 Å². The van der Waals surface area contributed by atoms with Gasteiger partial charge in [-0.15, -0.1) is 17.8 Å². The van der Waals surface area contributed by atoms with Crippen LogP contribution in [0.15, 0.2) is 10.5 Å². The molecule has 0 aromatic carbocycles. The minimum absolute atomic E-state index is 0.0452. The second kappa shape index (κ2) is 4.97. The lowest BCUT2D eigenvalue weighted by Crippen LogP contribution is -2.25. The van der Waals surface area contributed by atoms with E-state index in [1.807, 2.05) is 0 Å². The summed E-state index contributed by atoms with van der Waals surface area (Å²) >= 11 is 1.17. The van der Waals surface area contributed by atoms with Gasteiger partial charge in [0.05, 0.1) is 0 Å². The largest absolute Gasteiger partial charge is 0.382 e. The molecule has 6 nitrogen and oxygen atoms in total. The normalized spacial score (nSPS) is 10.7. The van der Waals surface area contributed by atoms with E-state index in [4.69, 9.17) is 17.9 Å². The minimum Gasteiger partial charge on any atom is -0.382 e. The van der Waals surface area contributed by atoms with E-state index in [1.165, 1.54) is 11.3 Å². The molecule has 1 rings (SSSR count). The molecule has 4 N–H and O–H groups in total. The Morgan fingerprint density at radius 1 is 1.80 bits per heavy atom. The number of thiazole rings is 1. The molecule has 0 unspecified atom stereocenters. The van der Waals surface area contributed by atoms with Gasteiger partial charge in [-0.1, -0.05) is 11.1 Å². The standard InChI is InChI=1S/C8H8N4O2S/c1-2-3-14-12-6(7(9)13)5-4-15-8(10)11-5/h1,4H,3H2,(H2,9,13)(H2,10,11). The van der Waals surface area contributed by atoms with E-state index in [-0.39, 0.29) is 18.0 Å². The van der Waals surface area contributed by atoms with Crippen LogP contribution in [0.4, 0.5) is 5.13 Å². The van der Waals surface area contributed by atoms with Crippen LogP contribution in [0.25, 0.3) is 0 Å². The molecule has 1 aromatic rings. The third-order valence-corrected chi connectivity index (χ3v) is 1.98. The quantitative estimate of drug-likeness (QED) is 0.313. The van der Waals surface area contributed by atoms with Gasteiger partial charge in [0.15, 0.2) is 17.5 Å². The van der Waals surface area contributed by atoms with Crippen LogP contribution >= 0.6 is 11.3 Å². The van der Waals surface area contributed by atoms with Gasteiger partial charge in [0, 0.05) is 5.38 Å². The highest BCUT2D eigenvalue weighted by Gasteiger charge is 2.14. The molecule has 0 fully saturated rings. The average Bonchev–Trinajstić information content (AvgIpc) is 2.59. The summed E-state index contributed by atoms with van der Waals surface area (Å²) < 4.78 is 0. The van der Waals surface area contributed by atoms with Crippen LogP contribution < -0.4 is 11.5 Å². The van der Waals surface area contributed by atoms with Crippen LogP contribution in [0, 0.1) is 12.3 Å². The van der Waals surface area contributed by atoms with Gasteiger partial charge in [-0.05, 0) is 0 Å². The summed E-state index contributed by atoms with van der Waals surface area (Å²) in [7, 11) is 0. The Hall–Kier alpha value is -2.07. The van der Waals surface area contributed by atoms with E-state index in [1.54, 1.807) is 5.38 Å². The first-order valence-electron chi connectivity index (χ1n) is 3.79. The van der Waals surface area contributed by atoms with Crippen LogP contribution in [-0.4, -0.2) is 23.2 Å². The zero-order chi connectivity index (χ0) is 11.3. The number of rotatable bonds is 4. The molecular weight excluding hydrogens is 216 g/mol. The third-order valence-electron chi connectivity index (χ3n) is 1.30. The Balaban J connectivity index is 2.89. The fraction of sp³-hybridized carbons (Fsp3) is 0.125. The average molecular weight is 224 g/mol. The molecule has 0 aliphatic carbocycles. The first-order chi connectivity index (χ1) is 7.15. The van der Waals surface area contributed by atoms with Crippen LogP contribution in [0.1, 0.15) is 5.69 Å². The number of hydrogen-bond acceptors (Lipinski definition) is 6. The zero-order valence-corrected chi connectivity index (χ0v) is 8.45. The molecule has 7 heteroatoms. The van der Waals surface area contributed by atoms with Crippen molar-refractivity contribution in [1.82, 2.24) is 4.98 Å². The Morgan fingerprint density at radius 2 is 2.53 bits per heavy atom.